The third-order valence-corrected chi connectivity index (χ3v) is 4.09. The zero-order chi connectivity index (χ0) is 15.9. The van der Waals surface area contributed by atoms with Gasteiger partial charge in [0.05, 0.1) is 0 Å². The number of hydrogen-bond acceptors (Lipinski definition) is 5. The van der Waals surface area contributed by atoms with Crippen LogP contribution in [0.4, 0.5) is 10.6 Å². The van der Waals surface area contributed by atoms with Gasteiger partial charge in [0, 0.05) is 25.7 Å². The fraction of sp³-hybridized carbons (Fsp3) is 0.412. The zero-order valence-corrected chi connectivity index (χ0v) is 13.0. The van der Waals surface area contributed by atoms with Gasteiger partial charge in [0.2, 0.25) is 0 Å². The van der Waals surface area contributed by atoms with Gasteiger partial charge in [0.25, 0.3) is 0 Å². The van der Waals surface area contributed by atoms with Gasteiger partial charge in [-0.05, 0) is 24.3 Å². The summed E-state index contributed by atoms with van der Waals surface area (Å²) < 4.78 is 10.2. The molecule has 6 nitrogen and oxygen atoms in total. The Labute approximate surface area is 135 Å². The summed E-state index contributed by atoms with van der Waals surface area (Å²) in [5.41, 5.74) is 1.01. The summed E-state index contributed by atoms with van der Waals surface area (Å²) in [5.74, 6) is 1.29. The summed E-state index contributed by atoms with van der Waals surface area (Å²) in [7, 11) is 0. The van der Waals surface area contributed by atoms with Gasteiger partial charge >= 0.3 is 6.09 Å². The largest absolute Gasteiger partial charge is 0.445 e. The summed E-state index contributed by atoms with van der Waals surface area (Å²) in [5, 5.41) is 7.07. The predicted octanol–water partition coefficient (Wildman–Crippen LogP) is 3.14. The van der Waals surface area contributed by atoms with Gasteiger partial charge in [-0.25, -0.2) is 4.79 Å². The molecule has 23 heavy (non-hydrogen) atoms. The average Bonchev–Trinajstić information content (AvgIpc) is 3.13. The number of carbonyl (C=O) groups excluding carboxylic acids is 1. The standard InChI is InChI=1S/C17H21N3O3/c21-17(22-13-15-4-2-1-3-5-15)20-9-6-14(7-10-20)12-18-16-8-11-23-19-16/h1-5,8,11,14H,6-7,9-10,12-13H2,(H,18,19). The van der Waals surface area contributed by atoms with Crippen molar-refractivity contribution in [1.29, 1.82) is 0 Å². The Morgan fingerprint density at radius 3 is 2.74 bits per heavy atom. The molecule has 1 amide bonds. The molecule has 2 heterocycles. The maximum atomic E-state index is 12.1. The second-order valence-corrected chi connectivity index (χ2v) is 5.74. The fourth-order valence-corrected chi connectivity index (χ4v) is 2.68. The summed E-state index contributed by atoms with van der Waals surface area (Å²) in [4.78, 5) is 13.9. The highest BCUT2D eigenvalue weighted by Crippen LogP contribution is 2.19. The fourth-order valence-electron chi connectivity index (χ4n) is 2.68. The van der Waals surface area contributed by atoms with Crippen molar-refractivity contribution >= 4 is 11.9 Å². The van der Waals surface area contributed by atoms with E-state index in [-0.39, 0.29) is 6.09 Å². The molecule has 0 atom stereocenters. The zero-order valence-electron chi connectivity index (χ0n) is 13.0. The molecule has 1 aliphatic heterocycles. The molecule has 0 bridgehead atoms. The first kappa shape index (κ1) is 15.4. The van der Waals surface area contributed by atoms with Gasteiger partial charge in [-0.15, -0.1) is 0 Å². The molecule has 1 N–H and O–H groups in total. The molecule has 1 aromatic carbocycles. The van der Waals surface area contributed by atoms with E-state index in [1.807, 2.05) is 30.3 Å². The van der Waals surface area contributed by atoms with E-state index in [0.29, 0.717) is 12.5 Å². The monoisotopic (exact) mass is 315 g/mol. The van der Waals surface area contributed by atoms with Crippen molar-refractivity contribution in [2.45, 2.75) is 19.4 Å². The second-order valence-electron chi connectivity index (χ2n) is 5.74. The molecule has 0 unspecified atom stereocenters. The van der Waals surface area contributed by atoms with Crippen LogP contribution in [0.5, 0.6) is 0 Å². The topological polar surface area (TPSA) is 67.6 Å². The van der Waals surface area contributed by atoms with Crippen LogP contribution in [0.15, 0.2) is 47.2 Å². The lowest BCUT2D eigenvalue weighted by molar-refractivity contribution is 0.0832. The molecule has 6 heteroatoms. The Morgan fingerprint density at radius 1 is 1.26 bits per heavy atom. The molecule has 122 valence electrons. The van der Waals surface area contributed by atoms with Gasteiger partial charge in [-0.2, -0.15) is 0 Å². The van der Waals surface area contributed by atoms with E-state index in [9.17, 15) is 4.79 Å². The molecule has 0 aliphatic carbocycles. The Kier molecular flexibility index (Phi) is 5.13. The predicted molar refractivity (Wildman–Crippen MR) is 85.9 cm³/mol. The van der Waals surface area contributed by atoms with Crippen LogP contribution in [0, 0.1) is 5.92 Å². The van der Waals surface area contributed by atoms with Gasteiger partial charge < -0.3 is 19.5 Å². The lowest BCUT2D eigenvalue weighted by Gasteiger charge is -2.31. The molecule has 2 aromatic rings. The van der Waals surface area contributed by atoms with Crippen LogP contribution < -0.4 is 5.32 Å². The number of nitrogens with one attached hydrogen (secondary N) is 1. The number of carbonyl (C=O) groups is 1. The Balaban J connectivity index is 1.37. The lowest BCUT2D eigenvalue weighted by Crippen LogP contribution is -2.40. The number of benzene rings is 1. The minimum absolute atomic E-state index is 0.225. The first-order chi connectivity index (χ1) is 11.3. The number of anilines is 1. The molecule has 1 fully saturated rings. The number of piperidine rings is 1. The molecule has 1 saturated heterocycles. The number of hydrogen-bond donors (Lipinski definition) is 1. The van der Waals surface area contributed by atoms with E-state index >= 15 is 0 Å². The van der Waals surface area contributed by atoms with Crippen molar-refractivity contribution in [1.82, 2.24) is 10.1 Å². The molecule has 0 radical (unpaired) electrons. The molecular weight excluding hydrogens is 294 g/mol. The van der Waals surface area contributed by atoms with Crippen molar-refractivity contribution in [3.63, 3.8) is 0 Å². The van der Waals surface area contributed by atoms with Crippen LogP contribution >= 0.6 is 0 Å². The SMILES string of the molecule is O=C(OCc1ccccc1)N1CCC(CNc2ccon2)CC1. The third kappa shape index (κ3) is 4.48. The Bertz CT molecular complexity index is 593. The highest BCUT2D eigenvalue weighted by atomic mass is 16.6. The van der Waals surface area contributed by atoms with Crippen molar-refractivity contribution < 1.29 is 14.1 Å². The second kappa shape index (κ2) is 7.67. The number of rotatable bonds is 5. The minimum Gasteiger partial charge on any atom is -0.445 e. The summed E-state index contributed by atoms with van der Waals surface area (Å²) >= 11 is 0. The molecule has 0 saturated carbocycles. The Hall–Kier alpha value is -2.50. The lowest BCUT2D eigenvalue weighted by atomic mass is 9.97. The number of ether oxygens (including phenoxy) is 1. The molecule has 1 aliphatic rings. The highest BCUT2D eigenvalue weighted by molar-refractivity contribution is 5.67. The molecular formula is C17H21N3O3. The van der Waals surface area contributed by atoms with Crippen LogP contribution in [0.3, 0.4) is 0 Å². The number of amides is 1. The number of aromatic nitrogens is 1. The summed E-state index contributed by atoms with van der Waals surface area (Å²) in [6, 6.07) is 11.5. The van der Waals surface area contributed by atoms with Crippen molar-refractivity contribution in [3.05, 3.63) is 48.2 Å². The average molecular weight is 315 g/mol. The van der Waals surface area contributed by atoms with Gasteiger partial charge in [-0.1, -0.05) is 35.5 Å². The minimum atomic E-state index is -0.225. The maximum Gasteiger partial charge on any atom is 0.410 e. The molecule has 0 spiro atoms. The van der Waals surface area contributed by atoms with Crippen molar-refractivity contribution in [3.8, 4) is 0 Å². The van der Waals surface area contributed by atoms with Gasteiger partial charge in [0.15, 0.2) is 5.82 Å². The van der Waals surface area contributed by atoms with Crippen molar-refractivity contribution in [2.24, 2.45) is 5.92 Å². The Morgan fingerprint density at radius 2 is 2.04 bits per heavy atom. The van der Waals surface area contributed by atoms with E-state index in [1.165, 1.54) is 0 Å². The molecule has 3 rings (SSSR count). The van der Waals surface area contributed by atoms with Crippen LogP contribution in [-0.2, 0) is 11.3 Å². The van der Waals surface area contributed by atoms with Crippen LogP contribution in [0.25, 0.3) is 0 Å². The smallest absolute Gasteiger partial charge is 0.410 e. The van der Waals surface area contributed by atoms with Gasteiger partial charge in [-0.3, -0.25) is 0 Å². The van der Waals surface area contributed by atoms with Crippen LogP contribution in [0.2, 0.25) is 0 Å². The van der Waals surface area contributed by atoms with E-state index in [2.05, 4.69) is 10.5 Å². The van der Waals surface area contributed by atoms with E-state index < -0.39 is 0 Å². The van der Waals surface area contributed by atoms with Crippen LogP contribution in [0.1, 0.15) is 18.4 Å². The van der Waals surface area contributed by atoms with E-state index in [0.717, 1.165) is 43.9 Å². The maximum absolute atomic E-state index is 12.1. The van der Waals surface area contributed by atoms with E-state index in [1.54, 1.807) is 17.2 Å². The number of nitrogens with zero attached hydrogens (tertiary/aromatic N) is 2. The first-order valence-corrected chi connectivity index (χ1v) is 7.91. The summed E-state index contributed by atoms with van der Waals surface area (Å²) in [6.07, 6.45) is 3.25. The normalized spacial score (nSPS) is 15.4. The molecule has 1 aromatic heterocycles. The first-order valence-electron chi connectivity index (χ1n) is 7.91. The van der Waals surface area contributed by atoms with Gasteiger partial charge in [0.1, 0.15) is 12.9 Å². The van der Waals surface area contributed by atoms with Crippen molar-refractivity contribution in [2.75, 3.05) is 25.0 Å². The third-order valence-electron chi connectivity index (χ3n) is 4.09. The summed E-state index contributed by atoms with van der Waals surface area (Å²) in [6.45, 7) is 2.64. The number of likely N-dealkylation sites (tertiary alicyclic amines) is 1. The van der Waals surface area contributed by atoms with Crippen LogP contribution in [-0.4, -0.2) is 35.8 Å². The van der Waals surface area contributed by atoms with E-state index in [4.69, 9.17) is 9.26 Å². The quantitative estimate of drug-likeness (QED) is 0.918. The highest BCUT2D eigenvalue weighted by Gasteiger charge is 2.23.